The molecule has 0 aromatic rings. The van der Waals surface area contributed by atoms with E-state index in [1.165, 1.54) is 83.5 Å². The fourth-order valence-electron chi connectivity index (χ4n) is 4.70. The van der Waals surface area contributed by atoms with Crippen molar-refractivity contribution in [3.8, 4) is 0 Å². The van der Waals surface area contributed by atoms with E-state index in [1.54, 1.807) is 0 Å². The van der Waals surface area contributed by atoms with E-state index in [-0.39, 0.29) is 12.5 Å². The lowest BCUT2D eigenvalue weighted by atomic mass is 10.0. The standard InChI is InChI=1S/C33H63NO4/c1-3-5-7-9-11-13-14-15-16-17-18-20-21-23-25-27-31(36)33(38)30(29-35)34-32(37)28-26-24-22-19-12-10-8-6-4-2/h15-16,20-21,30-31,33,35-36,38H,3-14,17-19,22-29H2,1-2H3,(H,34,37)/b16-15+,21-20+. The van der Waals surface area contributed by atoms with Crippen LogP contribution in [0.15, 0.2) is 24.3 Å². The Hall–Kier alpha value is -1.17. The van der Waals surface area contributed by atoms with E-state index in [0.29, 0.717) is 12.8 Å². The molecular formula is C33H63NO4. The number of aliphatic hydroxyl groups excluding tert-OH is 3. The fourth-order valence-corrected chi connectivity index (χ4v) is 4.70. The molecule has 0 fully saturated rings. The SMILES string of the molecule is CCCCCCCC/C=C/CC/C=C/CCCC(O)C(O)C(CO)NC(=O)CCCCCCCCCCC. The summed E-state index contributed by atoms with van der Waals surface area (Å²) in [4.78, 5) is 12.2. The Labute approximate surface area is 235 Å². The normalized spacial score (nSPS) is 14.3. The third kappa shape index (κ3) is 23.9. The van der Waals surface area contributed by atoms with Crippen LogP contribution in [0.5, 0.6) is 0 Å². The second-order valence-electron chi connectivity index (χ2n) is 11.0. The summed E-state index contributed by atoms with van der Waals surface area (Å²) in [5.74, 6) is -0.165. The van der Waals surface area contributed by atoms with Crippen molar-refractivity contribution < 1.29 is 20.1 Å². The van der Waals surface area contributed by atoms with Crippen LogP contribution in [-0.2, 0) is 4.79 Å². The minimum absolute atomic E-state index is 0.165. The molecule has 0 aliphatic carbocycles. The van der Waals surface area contributed by atoms with Gasteiger partial charge in [-0.3, -0.25) is 4.79 Å². The highest BCUT2D eigenvalue weighted by molar-refractivity contribution is 5.76. The van der Waals surface area contributed by atoms with Crippen molar-refractivity contribution in [1.82, 2.24) is 5.32 Å². The molecule has 4 N–H and O–H groups in total. The van der Waals surface area contributed by atoms with E-state index >= 15 is 0 Å². The molecule has 0 spiro atoms. The molecule has 0 bridgehead atoms. The third-order valence-corrected chi connectivity index (χ3v) is 7.29. The summed E-state index contributed by atoms with van der Waals surface area (Å²) >= 11 is 0. The van der Waals surface area contributed by atoms with Gasteiger partial charge in [-0.05, 0) is 51.4 Å². The minimum atomic E-state index is -1.16. The number of rotatable bonds is 28. The number of nitrogens with one attached hydrogen (secondary N) is 1. The number of hydrogen-bond donors (Lipinski definition) is 4. The van der Waals surface area contributed by atoms with Gasteiger partial charge in [0.05, 0.1) is 18.8 Å². The molecular weight excluding hydrogens is 474 g/mol. The van der Waals surface area contributed by atoms with Gasteiger partial charge in [-0.15, -0.1) is 0 Å². The van der Waals surface area contributed by atoms with Crippen LogP contribution in [0.3, 0.4) is 0 Å². The number of allylic oxidation sites excluding steroid dienone is 4. The van der Waals surface area contributed by atoms with Crippen molar-refractivity contribution in [2.45, 2.75) is 173 Å². The molecule has 0 aromatic carbocycles. The molecule has 224 valence electrons. The second kappa shape index (κ2) is 28.8. The minimum Gasteiger partial charge on any atom is -0.394 e. The quantitative estimate of drug-likeness (QED) is 0.0603. The van der Waals surface area contributed by atoms with E-state index < -0.39 is 18.2 Å². The third-order valence-electron chi connectivity index (χ3n) is 7.29. The van der Waals surface area contributed by atoms with Crippen LogP contribution >= 0.6 is 0 Å². The molecule has 0 radical (unpaired) electrons. The molecule has 0 saturated carbocycles. The van der Waals surface area contributed by atoms with Crippen molar-refractivity contribution in [2.75, 3.05) is 6.61 Å². The van der Waals surface area contributed by atoms with E-state index in [1.807, 2.05) is 0 Å². The largest absolute Gasteiger partial charge is 0.394 e. The van der Waals surface area contributed by atoms with Crippen molar-refractivity contribution in [3.05, 3.63) is 24.3 Å². The summed E-state index contributed by atoms with van der Waals surface area (Å²) in [5.41, 5.74) is 0. The second-order valence-corrected chi connectivity index (χ2v) is 11.0. The van der Waals surface area contributed by atoms with Crippen LogP contribution < -0.4 is 5.32 Å². The summed E-state index contributed by atoms with van der Waals surface area (Å²) in [6.07, 6.45) is 31.2. The Kier molecular flexibility index (Phi) is 27.9. The number of amides is 1. The highest BCUT2D eigenvalue weighted by atomic mass is 16.3. The van der Waals surface area contributed by atoms with Crippen LogP contribution in [-0.4, -0.2) is 46.1 Å². The lowest BCUT2D eigenvalue weighted by Gasteiger charge is -2.26. The first-order valence-corrected chi connectivity index (χ1v) is 16.1. The molecule has 3 atom stereocenters. The number of carbonyl (C=O) groups excluding carboxylic acids is 1. The van der Waals surface area contributed by atoms with Gasteiger partial charge in [-0.2, -0.15) is 0 Å². The van der Waals surface area contributed by atoms with Gasteiger partial charge in [0, 0.05) is 6.42 Å². The number of aliphatic hydroxyl groups is 3. The first-order valence-electron chi connectivity index (χ1n) is 16.1. The van der Waals surface area contributed by atoms with Gasteiger partial charge in [-0.25, -0.2) is 0 Å². The number of hydrogen-bond acceptors (Lipinski definition) is 4. The van der Waals surface area contributed by atoms with E-state index in [4.69, 9.17) is 0 Å². The summed E-state index contributed by atoms with van der Waals surface area (Å²) in [6, 6.07) is -0.824. The first kappa shape index (κ1) is 36.8. The molecule has 1 amide bonds. The lowest BCUT2D eigenvalue weighted by molar-refractivity contribution is -0.124. The molecule has 0 aliphatic rings. The zero-order valence-electron chi connectivity index (χ0n) is 25.1. The fraction of sp³-hybridized carbons (Fsp3) is 0.848. The monoisotopic (exact) mass is 537 g/mol. The molecule has 5 heteroatoms. The molecule has 5 nitrogen and oxygen atoms in total. The van der Waals surface area contributed by atoms with Gasteiger partial charge in [-0.1, -0.05) is 122 Å². The van der Waals surface area contributed by atoms with Gasteiger partial charge in [0.15, 0.2) is 0 Å². The Bertz CT molecular complexity index is 563. The van der Waals surface area contributed by atoms with Crippen molar-refractivity contribution in [3.63, 3.8) is 0 Å². The Morgan fingerprint density at radius 2 is 1.08 bits per heavy atom. The summed E-state index contributed by atoms with van der Waals surface area (Å²) in [5, 5.41) is 33.1. The maximum atomic E-state index is 12.2. The van der Waals surface area contributed by atoms with Gasteiger partial charge in [0.2, 0.25) is 5.91 Å². The highest BCUT2D eigenvalue weighted by Crippen LogP contribution is 2.12. The molecule has 38 heavy (non-hydrogen) atoms. The average molecular weight is 538 g/mol. The molecule has 0 rings (SSSR count). The molecule has 0 heterocycles. The van der Waals surface area contributed by atoms with E-state index in [0.717, 1.165) is 44.9 Å². The van der Waals surface area contributed by atoms with Crippen molar-refractivity contribution in [1.29, 1.82) is 0 Å². The number of unbranched alkanes of at least 4 members (excludes halogenated alkanes) is 16. The maximum Gasteiger partial charge on any atom is 0.220 e. The highest BCUT2D eigenvalue weighted by Gasteiger charge is 2.26. The molecule has 0 aromatic heterocycles. The van der Waals surface area contributed by atoms with Gasteiger partial charge < -0.3 is 20.6 Å². The zero-order chi connectivity index (χ0) is 28.1. The van der Waals surface area contributed by atoms with Crippen LogP contribution in [0.4, 0.5) is 0 Å². The topological polar surface area (TPSA) is 89.8 Å². The molecule has 0 saturated heterocycles. The average Bonchev–Trinajstić information content (AvgIpc) is 2.92. The summed E-state index contributed by atoms with van der Waals surface area (Å²) in [6.45, 7) is 4.10. The Balaban J connectivity index is 3.83. The Morgan fingerprint density at radius 3 is 1.61 bits per heavy atom. The molecule has 3 unspecified atom stereocenters. The van der Waals surface area contributed by atoms with Crippen molar-refractivity contribution >= 4 is 5.91 Å². The van der Waals surface area contributed by atoms with Crippen LogP contribution in [0.25, 0.3) is 0 Å². The van der Waals surface area contributed by atoms with Crippen LogP contribution in [0, 0.1) is 0 Å². The first-order chi connectivity index (χ1) is 18.6. The van der Waals surface area contributed by atoms with Gasteiger partial charge in [0.1, 0.15) is 6.10 Å². The number of carbonyl (C=O) groups is 1. The maximum absolute atomic E-state index is 12.2. The van der Waals surface area contributed by atoms with Crippen LogP contribution in [0.2, 0.25) is 0 Å². The Morgan fingerprint density at radius 1 is 0.632 bits per heavy atom. The van der Waals surface area contributed by atoms with Gasteiger partial charge >= 0.3 is 0 Å². The van der Waals surface area contributed by atoms with E-state index in [9.17, 15) is 20.1 Å². The van der Waals surface area contributed by atoms with Crippen molar-refractivity contribution in [2.24, 2.45) is 0 Å². The zero-order valence-corrected chi connectivity index (χ0v) is 25.1. The van der Waals surface area contributed by atoms with Crippen LogP contribution in [0.1, 0.15) is 155 Å². The smallest absolute Gasteiger partial charge is 0.220 e. The predicted molar refractivity (Wildman–Crippen MR) is 162 cm³/mol. The predicted octanol–water partition coefficient (Wildman–Crippen LogP) is 7.92. The van der Waals surface area contributed by atoms with Gasteiger partial charge in [0.25, 0.3) is 0 Å². The summed E-state index contributed by atoms with van der Waals surface area (Å²) < 4.78 is 0. The lowest BCUT2D eigenvalue weighted by Crippen LogP contribution is -2.50. The van der Waals surface area contributed by atoms with E-state index in [2.05, 4.69) is 43.5 Å². The summed E-state index contributed by atoms with van der Waals surface area (Å²) in [7, 11) is 0. The molecule has 0 aliphatic heterocycles.